The van der Waals surface area contributed by atoms with Gasteiger partial charge in [-0.05, 0) is 31.9 Å². The minimum Gasteiger partial charge on any atom is -0.481 e. The van der Waals surface area contributed by atoms with Gasteiger partial charge in [-0.1, -0.05) is 18.2 Å². The second kappa shape index (κ2) is 6.88. The number of hydrogen-bond donors (Lipinski definition) is 3. The molecular formula is C14H19FN2O3. The number of carboxylic acids is 1. The minimum absolute atomic E-state index is 0.0217. The van der Waals surface area contributed by atoms with Crippen molar-refractivity contribution in [1.29, 1.82) is 0 Å². The van der Waals surface area contributed by atoms with E-state index < -0.39 is 17.4 Å². The van der Waals surface area contributed by atoms with Crippen LogP contribution in [0.25, 0.3) is 0 Å². The number of carbonyl (C=O) groups is 2. The van der Waals surface area contributed by atoms with Gasteiger partial charge in [0.05, 0.1) is 5.41 Å². The Morgan fingerprint density at radius 1 is 1.25 bits per heavy atom. The highest BCUT2D eigenvalue weighted by Gasteiger charge is 2.27. The zero-order valence-electron chi connectivity index (χ0n) is 11.6. The third kappa shape index (κ3) is 4.87. The van der Waals surface area contributed by atoms with Crippen LogP contribution in [0.3, 0.4) is 0 Å². The van der Waals surface area contributed by atoms with Crippen LogP contribution in [0.5, 0.6) is 0 Å². The molecule has 0 aliphatic rings. The number of carboxylic acid groups (broad SMARTS) is 1. The zero-order chi connectivity index (χ0) is 15.2. The van der Waals surface area contributed by atoms with E-state index in [-0.39, 0.29) is 18.9 Å². The Balaban J connectivity index is 2.31. The van der Waals surface area contributed by atoms with Gasteiger partial charge >= 0.3 is 12.0 Å². The van der Waals surface area contributed by atoms with Gasteiger partial charge in [0, 0.05) is 13.1 Å². The van der Waals surface area contributed by atoms with Gasteiger partial charge in [0.25, 0.3) is 0 Å². The Morgan fingerprint density at radius 3 is 2.50 bits per heavy atom. The van der Waals surface area contributed by atoms with Crippen molar-refractivity contribution in [2.75, 3.05) is 13.1 Å². The highest BCUT2D eigenvalue weighted by atomic mass is 19.1. The molecule has 0 atom stereocenters. The summed E-state index contributed by atoms with van der Waals surface area (Å²) in [6, 6.07) is 5.89. The molecule has 1 aromatic rings. The Kier molecular flexibility index (Phi) is 5.49. The van der Waals surface area contributed by atoms with Gasteiger partial charge in [-0.15, -0.1) is 0 Å². The lowest BCUT2D eigenvalue weighted by atomic mass is 9.94. The summed E-state index contributed by atoms with van der Waals surface area (Å²) in [5.41, 5.74) is -0.498. The fraction of sp³-hybridized carbons (Fsp3) is 0.429. The van der Waals surface area contributed by atoms with Gasteiger partial charge in [-0.2, -0.15) is 0 Å². The van der Waals surface area contributed by atoms with Crippen LogP contribution in [0.2, 0.25) is 0 Å². The number of nitrogens with one attached hydrogen (secondary N) is 2. The lowest BCUT2D eigenvalue weighted by molar-refractivity contribution is -0.146. The molecule has 2 amide bonds. The van der Waals surface area contributed by atoms with Crippen LogP contribution >= 0.6 is 0 Å². The van der Waals surface area contributed by atoms with Gasteiger partial charge in [0.15, 0.2) is 0 Å². The van der Waals surface area contributed by atoms with Gasteiger partial charge in [0.2, 0.25) is 0 Å². The molecule has 0 saturated heterocycles. The number of benzene rings is 1. The molecule has 0 bridgehead atoms. The fourth-order valence-corrected chi connectivity index (χ4v) is 1.45. The Hall–Kier alpha value is -2.11. The Labute approximate surface area is 117 Å². The van der Waals surface area contributed by atoms with Gasteiger partial charge in [0.1, 0.15) is 5.82 Å². The maximum absolute atomic E-state index is 13.3. The van der Waals surface area contributed by atoms with Crippen LogP contribution in [-0.4, -0.2) is 30.2 Å². The molecule has 5 nitrogen and oxygen atoms in total. The number of aliphatic carboxylic acids is 1. The van der Waals surface area contributed by atoms with Crippen molar-refractivity contribution in [2.24, 2.45) is 5.41 Å². The molecular weight excluding hydrogens is 263 g/mol. The first-order valence-corrected chi connectivity index (χ1v) is 6.31. The molecule has 110 valence electrons. The second-order valence-corrected chi connectivity index (χ2v) is 5.14. The monoisotopic (exact) mass is 282 g/mol. The summed E-state index contributed by atoms with van der Waals surface area (Å²) in [6.07, 6.45) is 0.377. The Bertz CT molecular complexity index is 489. The smallest absolute Gasteiger partial charge is 0.314 e. The molecule has 0 spiro atoms. The maximum Gasteiger partial charge on any atom is 0.314 e. The first-order valence-electron chi connectivity index (χ1n) is 6.31. The van der Waals surface area contributed by atoms with Crippen molar-refractivity contribution < 1.29 is 19.1 Å². The number of urea groups is 1. The number of amides is 2. The lowest BCUT2D eigenvalue weighted by Gasteiger charge is -2.19. The molecule has 0 saturated carbocycles. The van der Waals surface area contributed by atoms with Crippen LogP contribution < -0.4 is 10.6 Å². The topological polar surface area (TPSA) is 78.4 Å². The van der Waals surface area contributed by atoms with E-state index in [2.05, 4.69) is 10.6 Å². The van der Waals surface area contributed by atoms with Crippen LogP contribution in [0.1, 0.15) is 19.4 Å². The molecule has 1 rings (SSSR count). The standard InChI is InChI=1S/C14H19FN2O3/c1-14(2,12(18)19)9-17-13(20)16-8-7-10-5-3-4-6-11(10)15/h3-6H,7-9H2,1-2H3,(H,18,19)(H2,16,17,20). The predicted octanol–water partition coefficient (Wildman–Crippen LogP) is 1.78. The summed E-state index contributed by atoms with van der Waals surface area (Å²) < 4.78 is 13.3. The zero-order valence-corrected chi connectivity index (χ0v) is 11.6. The summed E-state index contributed by atoms with van der Waals surface area (Å²) in [7, 11) is 0. The van der Waals surface area contributed by atoms with Crippen LogP contribution in [0, 0.1) is 11.2 Å². The first-order chi connectivity index (χ1) is 9.33. The number of hydrogen-bond acceptors (Lipinski definition) is 2. The predicted molar refractivity (Wildman–Crippen MR) is 72.9 cm³/mol. The second-order valence-electron chi connectivity index (χ2n) is 5.14. The molecule has 0 aliphatic heterocycles. The third-order valence-corrected chi connectivity index (χ3v) is 2.91. The van der Waals surface area contributed by atoms with E-state index in [4.69, 9.17) is 5.11 Å². The fourth-order valence-electron chi connectivity index (χ4n) is 1.45. The van der Waals surface area contributed by atoms with Crippen molar-refractivity contribution in [3.63, 3.8) is 0 Å². The van der Waals surface area contributed by atoms with E-state index >= 15 is 0 Å². The SMILES string of the molecule is CC(C)(CNC(=O)NCCc1ccccc1F)C(=O)O. The molecule has 1 aromatic carbocycles. The molecule has 20 heavy (non-hydrogen) atoms. The van der Waals surface area contributed by atoms with Crippen molar-refractivity contribution in [2.45, 2.75) is 20.3 Å². The molecule has 0 fully saturated rings. The number of halogens is 1. The quantitative estimate of drug-likeness (QED) is 0.744. The highest BCUT2D eigenvalue weighted by molar-refractivity contribution is 5.77. The van der Waals surface area contributed by atoms with E-state index in [1.807, 2.05) is 0 Å². The summed E-state index contributed by atoms with van der Waals surface area (Å²) in [6.45, 7) is 3.35. The van der Waals surface area contributed by atoms with Crippen molar-refractivity contribution in [3.05, 3.63) is 35.6 Å². The maximum atomic E-state index is 13.3. The highest BCUT2D eigenvalue weighted by Crippen LogP contribution is 2.12. The molecule has 3 N–H and O–H groups in total. The summed E-state index contributed by atoms with van der Waals surface area (Å²) >= 11 is 0. The van der Waals surface area contributed by atoms with E-state index in [9.17, 15) is 14.0 Å². The average Bonchev–Trinajstić information content (AvgIpc) is 2.38. The van der Waals surface area contributed by atoms with Crippen LogP contribution in [-0.2, 0) is 11.2 Å². The first kappa shape index (κ1) is 15.9. The lowest BCUT2D eigenvalue weighted by Crippen LogP contribution is -2.44. The van der Waals surface area contributed by atoms with Crippen LogP contribution in [0.15, 0.2) is 24.3 Å². The minimum atomic E-state index is -1.02. The normalized spacial score (nSPS) is 10.9. The summed E-state index contributed by atoms with van der Waals surface area (Å²) in [5, 5.41) is 13.9. The van der Waals surface area contributed by atoms with Gasteiger partial charge in [-0.25, -0.2) is 9.18 Å². The van der Waals surface area contributed by atoms with Gasteiger partial charge in [-0.3, -0.25) is 4.79 Å². The van der Waals surface area contributed by atoms with Crippen molar-refractivity contribution >= 4 is 12.0 Å². The van der Waals surface area contributed by atoms with Gasteiger partial charge < -0.3 is 15.7 Å². The van der Waals surface area contributed by atoms with Crippen molar-refractivity contribution in [1.82, 2.24) is 10.6 Å². The summed E-state index contributed by atoms with van der Waals surface area (Å²) in [4.78, 5) is 22.3. The third-order valence-electron chi connectivity index (χ3n) is 2.91. The largest absolute Gasteiger partial charge is 0.481 e. The molecule has 0 radical (unpaired) electrons. The average molecular weight is 282 g/mol. The van der Waals surface area contributed by atoms with Crippen molar-refractivity contribution in [3.8, 4) is 0 Å². The summed E-state index contributed by atoms with van der Waals surface area (Å²) in [5.74, 6) is -1.29. The van der Waals surface area contributed by atoms with E-state index in [0.717, 1.165) is 0 Å². The number of carbonyl (C=O) groups excluding carboxylic acids is 1. The molecule has 6 heteroatoms. The molecule has 0 unspecified atom stereocenters. The van der Waals surface area contributed by atoms with E-state index in [1.54, 1.807) is 18.2 Å². The van der Waals surface area contributed by atoms with E-state index in [1.165, 1.54) is 19.9 Å². The molecule has 0 aliphatic carbocycles. The molecule has 0 aromatic heterocycles. The Morgan fingerprint density at radius 2 is 1.90 bits per heavy atom. The number of rotatable bonds is 6. The molecule has 0 heterocycles. The van der Waals surface area contributed by atoms with E-state index in [0.29, 0.717) is 12.0 Å². The van der Waals surface area contributed by atoms with Crippen LogP contribution in [0.4, 0.5) is 9.18 Å².